The summed E-state index contributed by atoms with van der Waals surface area (Å²) in [5.74, 6) is 1.30. The summed E-state index contributed by atoms with van der Waals surface area (Å²) in [6.07, 6.45) is 2.36. The average Bonchev–Trinajstić information content (AvgIpc) is 2.96. The number of benzene rings is 1. The van der Waals surface area contributed by atoms with Crippen LogP contribution in [0, 0.1) is 5.92 Å². The number of nitrogens with zero attached hydrogens (tertiary/aromatic N) is 5. The van der Waals surface area contributed by atoms with E-state index in [1.807, 2.05) is 23.1 Å². The van der Waals surface area contributed by atoms with Gasteiger partial charge in [-0.3, -0.25) is 9.13 Å². The molecule has 0 bridgehead atoms. The number of hydrogen-bond acceptors (Lipinski definition) is 7. The maximum atomic E-state index is 12.8. The first-order chi connectivity index (χ1) is 15.5. The Labute approximate surface area is 197 Å². The Balaban J connectivity index is 1.64. The van der Waals surface area contributed by atoms with E-state index in [1.165, 1.54) is 0 Å². The molecule has 0 aliphatic carbocycles. The first-order valence-electron chi connectivity index (χ1n) is 11.2. The van der Waals surface area contributed by atoms with Crippen molar-refractivity contribution in [3.8, 4) is 0 Å². The summed E-state index contributed by atoms with van der Waals surface area (Å²) in [4.78, 5) is 23.7. The van der Waals surface area contributed by atoms with Gasteiger partial charge >= 0.3 is 5.69 Å². The molecule has 0 spiro atoms. The van der Waals surface area contributed by atoms with Crippen molar-refractivity contribution in [2.24, 2.45) is 13.0 Å². The number of aliphatic hydroxyl groups is 2. The van der Waals surface area contributed by atoms with Crippen molar-refractivity contribution in [3.05, 3.63) is 39.9 Å². The van der Waals surface area contributed by atoms with E-state index < -0.39 is 11.7 Å². The third-order valence-electron chi connectivity index (χ3n) is 6.01. The van der Waals surface area contributed by atoms with Crippen LogP contribution in [0.3, 0.4) is 0 Å². The summed E-state index contributed by atoms with van der Waals surface area (Å²) in [5.41, 5.74) is 1.28. The average molecular weight is 475 g/mol. The van der Waals surface area contributed by atoms with E-state index in [9.17, 15) is 15.0 Å². The lowest BCUT2D eigenvalue weighted by atomic mass is 9.98. The fourth-order valence-electron chi connectivity index (χ4n) is 4.31. The SMILES string of the molecule is C[C@H]1C[C@@H](O)CN(c2ncc(Cl)c(Nc3ccc4c(c3)n(CCC(C)(C)O)c(=O)n4C)n2)C1. The first kappa shape index (κ1) is 23.5. The number of β-amino-alcohol motifs (C(OH)–C–C–N with tert-alkyl or cyclic N) is 1. The normalized spacial score (nSPS) is 19.3. The van der Waals surface area contributed by atoms with Crippen LogP contribution in [0.1, 0.15) is 33.6 Å². The number of nitrogens with one attached hydrogen (secondary N) is 1. The lowest BCUT2D eigenvalue weighted by Crippen LogP contribution is -2.43. The van der Waals surface area contributed by atoms with Crippen molar-refractivity contribution in [3.63, 3.8) is 0 Å². The van der Waals surface area contributed by atoms with Crippen molar-refractivity contribution in [2.75, 3.05) is 23.3 Å². The number of halogens is 1. The molecule has 0 amide bonds. The highest BCUT2D eigenvalue weighted by Crippen LogP contribution is 2.28. The van der Waals surface area contributed by atoms with Gasteiger partial charge in [-0.2, -0.15) is 4.98 Å². The number of hydrogen-bond donors (Lipinski definition) is 3. The molecule has 1 aliphatic rings. The van der Waals surface area contributed by atoms with Gasteiger partial charge in [0.25, 0.3) is 0 Å². The highest BCUT2D eigenvalue weighted by Gasteiger charge is 2.25. The van der Waals surface area contributed by atoms with E-state index in [4.69, 9.17) is 11.6 Å². The molecule has 1 aromatic carbocycles. The van der Waals surface area contributed by atoms with Crippen LogP contribution in [0.15, 0.2) is 29.2 Å². The third-order valence-corrected chi connectivity index (χ3v) is 6.28. The number of aliphatic hydroxyl groups excluding tert-OH is 1. The molecular weight excluding hydrogens is 444 g/mol. The predicted octanol–water partition coefficient (Wildman–Crippen LogP) is 2.90. The zero-order chi connectivity index (χ0) is 23.9. The zero-order valence-corrected chi connectivity index (χ0v) is 20.2. The lowest BCUT2D eigenvalue weighted by Gasteiger charge is -2.34. The molecule has 2 aromatic heterocycles. The highest BCUT2D eigenvalue weighted by atomic mass is 35.5. The topological polar surface area (TPSA) is 108 Å². The molecule has 0 unspecified atom stereocenters. The number of fused-ring (bicyclic) bond motifs is 1. The van der Waals surface area contributed by atoms with Crippen LogP contribution in [-0.2, 0) is 13.6 Å². The molecule has 3 aromatic rings. The summed E-state index contributed by atoms with van der Waals surface area (Å²) in [6, 6.07) is 5.62. The molecule has 0 saturated carbocycles. The van der Waals surface area contributed by atoms with E-state index in [0.717, 1.165) is 29.7 Å². The molecule has 10 heteroatoms. The van der Waals surface area contributed by atoms with Crippen molar-refractivity contribution < 1.29 is 10.2 Å². The minimum absolute atomic E-state index is 0.133. The van der Waals surface area contributed by atoms with Gasteiger partial charge in [0.15, 0.2) is 5.82 Å². The van der Waals surface area contributed by atoms with Crippen LogP contribution >= 0.6 is 11.6 Å². The van der Waals surface area contributed by atoms with E-state index in [0.29, 0.717) is 42.2 Å². The first-order valence-corrected chi connectivity index (χ1v) is 11.5. The van der Waals surface area contributed by atoms with Gasteiger partial charge in [-0.05, 0) is 50.8 Å². The second-order valence-corrected chi connectivity index (χ2v) is 10.1. The summed E-state index contributed by atoms with van der Waals surface area (Å²) >= 11 is 6.38. The van der Waals surface area contributed by atoms with Crippen LogP contribution in [0.2, 0.25) is 5.02 Å². The smallest absolute Gasteiger partial charge is 0.328 e. The summed E-state index contributed by atoms with van der Waals surface area (Å²) in [7, 11) is 1.74. The minimum atomic E-state index is -0.873. The molecule has 1 saturated heterocycles. The second kappa shape index (κ2) is 8.96. The monoisotopic (exact) mass is 474 g/mol. The fraction of sp³-hybridized carbons (Fsp3) is 0.522. The maximum absolute atomic E-state index is 12.8. The van der Waals surface area contributed by atoms with Crippen LogP contribution < -0.4 is 15.9 Å². The molecule has 9 nitrogen and oxygen atoms in total. The fourth-order valence-corrected chi connectivity index (χ4v) is 4.44. The zero-order valence-electron chi connectivity index (χ0n) is 19.4. The van der Waals surface area contributed by atoms with Gasteiger partial charge in [0, 0.05) is 32.4 Å². The Morgan fingerprint density at radius 2 is 2.03 bits per heavy atom. The molecule has 0 radical (unpaired) electrons. The molecule has 178 valence electrons. The molecule has 1 fully saturated rings. The van der Waals surface area contributed by atoms with Crippen molar-refractivity contribution >= 4 is 40.1 Å². The third kappa shape index (κ3) is 5.15. The Morgan fingerprint density at radius 3 is 2.73 bits per heavy atom. The maximum Gasteiger partial charge on any atom is 0.328 e. The number of piperidine rings is 1. The number of imidazole rings is 1. The van der Waals surface area contributed by atoms with E-state index in [-0.39, 0.29) is 5.69 Å². The largest absolute Gasteiger partial charge is 0.391 e. The summed E-state index contributed by atoms with van der Waals surface area (Å²) < 4.78 is 3.27. The van der Waals surface area contributed by atoms with Crippen LogP contribution in [-0.4, -0.2) is 54.1 Å². The summed E-state index contributed by atoms with van der Waals surface area (Å²) in [6.45, 7) is 7.20. The van der Waals surface area contributed by atoms with Gasteiger partial charge in [0.05, 0.1) is 28.9 Å². The van der Waals surface area contributed by atoms with Gasteiger partial charge in [-0.25, -0.2) is 9.78 Å². The Kier molecular flexibility index (Phi) is 6.39. The van der Waals surface area contributed by atoms with Crippen LogP contribution in [0.4, 0.5) is 17.5 Å². The Bertz CT molecular complexity index is 1210. The standard InChI is InChI=1S/C23H31ClN6O3/c1-14-9-16(31)13-29(12-14)21-25-11-17(24)20(27-21)26-15-5-6-18-19(10-15)30(22(32)28(18)4)8-7-23(2,3)33/h5-6,10-11,14,16,31,33H,7-9,12-13H2,1-4H3,(H,25,26,27)/t14-,16+/m0/s1. The highest BCUT2D eigenvalue weighted by molar-refractivity contribution is 6.32. The quantitative estimate of drug-likeness (QED) is 0.504. The Morgan fingerprint density at radius 1 is 1.27 bits per heavy atom. The molecule has 3 heterocycles. The molecular formula is C23H31ClN6O3. The van der Waals surface area contributed by atoms with Gasteiger partial charge < -0.3 is 20.4 Å². The van der Waals surface area contributed by atoms with Crippen molar-refractivity contribution in [1.29, 1.82) is 0 Å². The molecule has 3 N–H and O–H groups in total. The van der Waals surface area contributed by atoms with Crippen molar-refractivity contribution in [1.82, 2.24) is 19.1 Å². The second-order valence-electron chi connectivity index (χ2n) is 9.65. The number of aryl methyl sites for hydroxylation is 2. The molecule has 33 heavy (non-hydrogen) atoms. The van der Waals surface area contributed by atoms with Gasteiger partial charge in [-0.15, -0.1) is 0 Å². The number of rotatable bonds is 6. The van der Waals surface area contributed by atoms with Gasteiger partial charge in [-0.1, -0.05) is 18.5 Å². The number of aromatic nitrogens is 4. The van der Waals surface area contributed by atoms with Crippen molar-refractivity contribution in [2.45, 2.75) is 51.9 Å². The van der Waals surface area contributed by atoms with E-state index >= 15 is 0 Å². The minimum Gasteiger partial charge on any atom is -0.391 e. The Hall–Kier alpha value is -2.62. The molecule has 1 aliphatic heterocycles. The lowest BCUT2D eigenvalue weighted by molar-refractivity contribution is 0.0662. The van der Waals surface area contributed by atoms with Gasteiger partial charge in [0.2, 0.25) is 5.95 Å². The predicted molar refractivity (Wildman–Crippen MR) is 130 cm³/mol. The molecule has 2 atom stereocenters. The van der Waals surface area contributed by atoms with E-state index in [2.05, 4.69) is 22.2 Å². The van der Waals surface area contributed by atoms with E-state index in [1.54, 1.807) is 36.2 Å². The molecule has 4 rings (SSSR count). The van der Waals surface area contributed by atoms with Gasteiger partial charge in [0.1, 0.15) is 5.02 Å². The summed E-state index contributed by atoms with van der Waals surface area (Å²) in [5, 5.41) is 23.9. The van der Waals surface area contributed by atoms with Crippen LogP contribution in [0.5, 0.6) is 0 Å². The van der Waals surface area contributed by atoms with Crippen LogP contribution in [0.25, 0.3) is 11.0 Å². The number of anilines is 3.